The Morgan fingerprint density at radius 2 is 2.28 bits per heavy atom. The predicted molar refractivity (Wildman–Crippen MR) is 75.9 cm³/mol. The molecule has 0 saturated heterocycles. The number of ether oxygens (including phenoxy) is 1. The van der Waals surface area contributed by atoms with E-state index in [4.69, 9.17) is 22.2 Å². The molecule has 4 N–H and O–H groups in total. The van der Waals surface area contributed by atoms with Crippen molar-refractivity contribution in [3.8, 4) is 0 Å². The Balaban J connectivity index is 2.58. The number of nitrogens with one attached hydrogen (secondary N) is 2. The zero-order chi connectivity index (χ0) is 13.4. The Labute approximate surface area is 112 Å². The van der Waals surface area contributed by atoms with E-state index in [1.807, 2.05) is 25.1 Å². The van der Waals surface area contributed by atoms with Gasteiger partial charge in [0.05, 0.1) is 0 Å². The number of hydrogen-bond acceptors (Lipinski definition) is 3. The van der Waals surface area contributed by atoms with Crippen LogP contribution in [0.15, 0.2) is 23.2 Å². The highest BCUT2D eigenvalue weighted by molar-refractivity contribution is 6.31. The summed E-state index contributed by atoms with van der Waals surface area (Å²) in [5, 5.41) is 3.77. The van der Waals surface area contributed by atoms with Crippen LogP contribution in [-0.4, -0.2) is 26.2 Å². The molecule has 6 heteroatoms. The lowest BCUT2D eigenvalue weighted by molar-refractivity contribution is 0.197. The topological polar surface area (TPSA) is 71.7 Å². The average Bonchev–Trinajstić information content (AvgIpc) is 2.37. The van der Waals surface area contributed by atoms with Crippen molar-refractivity contribution >= 4 is 23.2 Å². The maximum atomic E-state index is 6.04. The number of nitrogens with two attached hydrogens (primary N) is 1. The number of methoxy groups -OCH3 is 1. The molecular weight excluding hydrogens is 252 g/mol. The van der Waals surface area contributed by atoms with Gasteiger partial charge in [-0.2, -0.15) is 0 Å². The van der Waals surface area contributed by atoms with Gasteiger partial charge in [0.15, 0.2) is 0 Å². The van der Waals surface area contributed by atoms with Crippen LogP contribution in [0.4, 0.5) is 5.69 Å². The van der Waals surface area contributed by atoms with Gasteiger partial charge in [-0.1, -0.05) is 17.7 Å². The lowest BCUT2D eigenvalue weighted by atomic mass is 10.2. The Bertz CT molecular complexity index is 409. The molecule has 1 rings (SSSR count). The van der Waals surface area contributed by atoms with Crippen LogP contribution in [0, 0.1) is 6.92 Å². The smallest absolute Gasteiger partial charge is 0.210 e. The molecule has 0 atom stereocenters. The van der Waals surface area contributed by atoms with Gasteiger partial charge in [-0.3, -0.25) is 10.4 Å². The fraction of sp³-hybridized carbons (Fsp3) is 0.417. The van der Waals surface area contributed by atoms with Crippen molar-refractivity contribution < 1.29 is 4.74 Å². The van der Waals surface area contributed by atoms with Crippen molar-refractivity contribution in [2.24, 2.45) is 10.8 Å². The second-order valence-corrected chi connectivity index (χ2v) is 4.22. The summed E-state index contributed by atoms with van der Waals surface area (Å²) in [4.78, 5) is 4.27. The first kappa shape index (κ1) is 14.8. The van der Waals surface area contributed by atoms with Crippen LogP contribution < -0.4 is 16.6 Å². The molecule has 0 fully saturated rings. The minimum atomic E-state index is 0.506. The number of aryl methyl sites for hydroxylation is 1. The third-order valence-corrected chi connectivity index (χ3v) is 2.75. The molecule has 18 heavy (non-hydrogen) atoms. The number of hydrogen-bond donors (Lipinski definition) is 3. The third-order valence-electron chi connectivity index (χ3n) is 2.35. The van der Waals surface area contributed by atoms with Crippen LogP contribution in [0.2, 0.25) is 5.02 Å². The van der Waals surface area contributed by atoms with Crippen LogP contribution in [-0.2, 0) is 4.74 Å². The first-order valence-electron chi connectivity index (χ1n) is 5.70. The molecule has 0 heterocycles. The average molecular weight is 271 g/mol. The zero-order valence-electron chi connectivity index (χ0n) is 10.7. The van der Waals surface area contributed by atoms with Gasteiger partial charge < -0.3 is 10.1 Å². The van der Waals surface area contributed by atoms with Gasteiger partial charge in [-0.25, -0.2) is 5.84 Å². The summed E-state index contributed by atoms with van der Waals surface area (Å²) >= 11 is 6.04. The quantitative estimate of drug-likeness (QED) is 0.251. The number of nitrogens with zero attached hydrogens (tertiary/aromatic N) is 1. The summed E-state index contributed by atoms with van der Waals surface area (Å²) < 4.78 is 4.95. The third kappa shape index (κ3) is 4.91. The fourth-order valence-electron chi connectivity index (χ4n) is 1.33. The lowest BCUT2D eigenvalue weighted by Gasteiger charge is -2.10. The van der Waals surface area contributed by atoms with Crippen molar-refractivity contribution in [3.63, 3.8) is 0 Å². The highest BCUT2D eigenvalue weighted by atomic mass is 35.5. The second kappa shape index (κ2) is 7.92. The van der Waals surface area contributed by atoms with E-state index in [1.165, 1.54) is 0 Å². The Morgan fingerprint density at radius 3 is 2.89 bits per heavy atom. The van der Waals surface area contributed by atoms with E-state index in [0.29, 0.717) is 24.1 Å². The minimum Gasteiger partial charge on any atom is -0.385 e. The molecule has 5 nitrogen and oxygen atoms in total. The molecule has 0 radical (unpaired) electrons. The first-order valence-corrected chi connectivity index (χ1v) is 6.08. The van der Waals surface area contributed by atoms with Gasteiger partial charge in [-0.05, 0) is 31.0 Å². The molecule has 1 aromatic rings. The highest BCUT2D eigenvalue weighted by Gasteiger charge is 2.00. The molecular formula is C12H19ClN4O. The number of halogens is 1. The minimum absolute atomic E-state index is 0.506. The molecule has 0 unspecified atom stereocenters. The molecule has 0 aliphatic heterocycles. The highest BCUT2D eigenvalue weighted by Crippen LogP contribution is 2.19. The van der Waals surface area contributed by atoms with Crippen molar-refractivity contribution in [2.75, 3.05) is 25.6 Å². The van der Waals surface area contributed by atoms with Crippen molar-refractivity contribution in [2.45, 2.75) is 13.3 Å². The molecule has 0 aromatic heterocycles. The van der Waals surface area contributed by atoms with E-state index in [9.17, 15) is 0 Å². The summed E-state index contributed by atoms with van der Waals surface area (Å²) in [5.41, 5.74) is 4.39. The summed E-state index contributed by atoms with van der Waals surface area (Å²) in [6.07, 6.45) is 0.845. The van der Waals surface area contributed by atoms with E-state index in [2.05, 4.69) is 15.7 Å². The Morgan fingerprint density at radius 1 is 1.50 bits per heavy atom. The maximum absolute atomic E-state index is 6.04. The summed E-state index contributed by atoms with van der Waals surface area (Å²) in [7, 11) is 1.67. The molecule has 0 spiro atoms. The van der Waals surface area contributed by atoms with Crippen LogP contribution in [0.3, 0.4) is 0 Å². The molecule has 0 bridgehead atoms. The first-order chi connectivity index (χ1) is 8.67. The van der Waals surface area contributed by atoms with Crippen LogP contribution in [0.5, 0.6) is 0 Å². The van der Waals surface area contributed by atoms with Gasteiger partial charge in [0.1, 0.15) is 0 Å². The number of rotatable bonds is 5. The van der Waals surface area contributed by atoms with Crippen molar-refractivity contribution in [3.05, 3.63) is 28.8 Å². The predicted octanol–water partition coefficient (Wildman–Crippen LogP) is 1.92. The molecule has 0 amide bonds. The number of aliphatic imine (C=N–C) groups is 1. The van der Waals surface area contributed by atoms with Crippen LogP contribution in [0.25, 0.3) is 0 Å². The number of hydrazine groups is 1. The van der Waals surface area contributed by atoms with Gasteiger partial charge >= 0.3 is 0 Å². The van der Waals surface area contributed by atoms with Gasteiger partial charge in [0.25, 0.3) is 0 Å². The molecule has 0 aliphatic rings. The van der Waals surface area contributed by atoms with Crippen molar-refractivity contribution in [1.82, 2.24) is 5.43 Å². The lowest BCUT2D eigenvalue weighted by Crippen LogP contribution is -2.36. The standard InChI is InChI=1S/C12H19ClN4O/c1-9-4-5-10(8-11(9)13)16-12(17-14)15-6-3-7-18-2/h4-5,8H,3,6-7,14H2,1-2H3,(H2,15,16,17). The largest absolute Gasteiger partial charge is 0.385 e. The van der Waals surface area contributed by atoms with Crippen LogP contribution in [0.1, 0.15) is 12.0 Å². The van der Waals surface area contributed by atoms with E-state index in [-0.39, 0.29) is 0 Å². The van der Waals surface area contributed by atoms with Gasteiger partial charge in [0.2, 0.25) is 5.96 Å². The normalized spacial score (nSPS) is 11.4. The Kier molecular flexibility index (Phi) is 6.49. The van der Waals surface area contributed by atoms with Gasteiger partial charge in [0, 0.05) is 31.0 Å². The number of benzene rings is 1. The summed E-state index contributed by atoms with van der Waals surface area (Å²) in [6.45, 7) is 3.27. The van der Waals surface area contributed by atoms with Crippen molar-refractivity contribution in [1.29, 1.82) is 0 Å². The number of guanidine groups is 1. The number of anilines is 1. The Hall–Kier alpha value is -1.30. The maximum Gasteiger partial charge on any atom is 0.210 e. The SMILES string of the molecule is COCCCN=C(NN)Nc1ccc(C)c(Cl)c1. The zero-order valence-corrected chi connectivity index (χ0v) is 11.4. The van der Waals surface area contributed by atoms with Crippen LogP contribution >= 0.6 is 11.6 Å². The monoisotopic (exact) mass is 270 g/mol. The molecule has 100 valence electrons. The van der Waals surface area contributed by atoms with E-state index in [1.54, 1.807) is 7.11 Å². The fourth-order valence-corrected chi connectivity index (χ4v) is 1.51. The second-order valence-electron chi connectivity index (χ2n) is 3.81. The molecule has 0 aliphatic carbocycles. The molecule has 1 aromatic carbocycles. The summed E-state index contributed by atoms with van der Waals surface area (Å²) in [5.74, 6) is 5.90. The van der Waals surface area contributed by atoms with Gasteiger partial charge in [-0.15, -0.1) is 0 Å². The molecule has 0 saturated carbocycles. The van der Waals surface area contributed by atoms with E-state index in [0.717, 1.165) is 17.7 Å². The summed E-state index contributed by atoms with van der Waals surface area (Å²) in [6, 6.07) is 5.69. The van der Waals surface area contributed by atoms with E-state index < -0.39 is 0 Å². The van der Waals surface area contributed by atoms with E-state index >= 15 is 0 Å².